The first kappa shape index (κ1) is 36.0. The predicted molar refractivity (Wildman–Crippen MR) is 198 cm³/mol. The number of pyridine rings is 2. The van der Waals surface area contributed by atoms with Crippen LogP contribution in [0.2, 0.25) is 0 Å². The van der Waals surface area contributed by atoms with Crippen LogP contribution in [0.5, 0.6) is 11.5 Å². The Morgan fingerprint density at radius 2 is 1.73 bits per heavy atom. The lowest BCUT2D eigenvalue weighted by atomic mass is 9.89. The van der Waals surface area contributed by atoms with E-state index in [1.54, 1.807) is 43.1 Å². The summed E-state index contributed by atoms with van der Waals surface area (Å²) in [7, 11) is 5.08. The highest BCUT2D eigenvalue weighted by atomic mass is 16.5. The average Bonchev–Trinajstić information content (AvgIpc) is 3.16. The summed E-state index contributed by atoms with van der Waals surface area (Å²) in [6, 6.07) is 13.9. The summed E-state index contributed by atoms with van der Waals surface area (Å²) in [5, 5.41) is 11.0. The van der Waals surface area contributed by atoms with Crippen molar-refractivity contribution in [3.63, 3.8) is 0 Å². The van der Waals surface area contributed by atoms with Crippen LogP contribution in [0.3, 0.4) is 0 Å². The molecule has 1 saturated heterocycles. The second-order valence-electron chi connectivity index (χ2n) is 13.2. The van der Waals surface area contributed by atoms with Crippen molar-refractivity contribution >= 4 is 23.0 Å². The molecule has 0 aliphatic carbocycles. The molecule has 6 rings (SSSR count). The number of aromatic nitrogens is 2. The Hall–Kier alpha value is -5.77. The minimum absolute atomic E-state index is 0.0635. The Balaban J connectivity index is 1.14. The number of aldehydes is 1. The number of nitrogens with two attached hydrogens (primary N) is 1. The Morgan fingerprint density at radius 3 is 2.38 bits per heavy atom. The molecule has 12 nitrogen and oxygen atoms in total. The van der Waals surface area contributed by atoms with Gasteiger partial charge < -0.3 is 24.7 Å². The van der Waals surface area contributed by atoms with Crippen LogP contribution in [0.1, 0.15) is 35.2 Å². The highest BCUT2D eigenvalue weighted by Crippen LogP contribution is 2.38. The molecule has 2 aromatic carbocycles. The fraction of sp³-hybridized carbons (Fsp3) is 0.325. The van der Waals surface area contributed by atoms with E-state index in [4.69, 9.17) is 15.2 Å². The van der Waals surface area contributed by atoms with Crippen molar-refractivity contribution in [2.24, 2.45) is 12.8 Å². The van der Waals surface area contributed by atoms with Crippen molar-refractivity contribution in [1.29, 1.82) is 5.26 Å². The molecule has 2 aliphatic heterocycles. The van der Waals surface area contributed by atoms with Crippen LogP contribution in [0.15, 0.2) is 83.2 Å². The third-order valence-electron chi connectivity index (χ3n) is 10.2. The van der Waals surface area contributed by atoms with Gasteiger partial charge in [0.2, 0.25) is 0 Å². The van der Waals surface area contributed by atoms with Crippen LogP contribution in [0.4, 0.5) is 0 Å². The zero-order chi connectivity index (χ0) is 36.9. The van der Waals surface area contributed by atoms with Gasteiger partial charge in [-0.3, -0.25) is 29.2 Å². The number of methoxy groups -OCH3 is 2. The van der Waals surface area contributed by atoms with Gasteiger partial charge in [-0.05, 0) is 65.3 Å². The molecule has 4 aromatic rings. The largest absolute Gasteiger partial charge is 0.496 e. The van der Waals surface area contributed by atoms with Crippen LogP contribution < -0.4 is 20.8 Å². The topological polar surface area (TPSA) is 147 Å². The van der Waals surface area contributed by atoms with Gasteiger partial charge in [-0.25, -0.2) is 0 Å². The first-order chi connectivity index (χ1) is 25.2. The number of hydrogen-bond donors (Lipinski definition) is 1. The summed E-state index contributed by atoms with van der Waals surface area (Å²) in [4.78, 5) is 47.6. The summed E-state index contributed by atoms with van der Waals surface area (Å²) < 4.78 is 13.4. The average molecular weight is 702 g/mol. The minimum Gasteiger partial charge on any atom is -0.496 e. The summed E-state index contributed by atoms with van der Waals surface area (Å²) in [6.07, 6.45) is 8.72. The molecule has 0 bridgehead atoms. The molecule has 1 unspecified atom stereocenters. The van der Waals surface area contributed by atoms with E-state index < -0.39 is 5.91 Å². The molecule has 0 spiro atoms. The highest BCUT2D eigenvalue weighted by molar-refractivity contribution is 5.98. The molecule has 2 N–H and O–H groups in total. The standard InChI is InChI=1S/C40H43N7O5/c1-26-31-7-5-6-27(32(31)9-12-47(26)39(49)29(21-41)18-30(42)10-17-48)23-45-13-15-46(16-14-45)25-36-37(51-3)19-28(20-38(36)52-4)35-24-44(2)40(50)34-22-43-11-8-33(34)35/h5-8,10-11,17-20,22,24,26H,9,12-16,23,25,42H2,1-4H3/b29-18-,30-10-. The zero-order valence-corrected chi connectivity index (χ0v) is 30.0. The van der Waals surface area contributed by atoms with E-state index in [0.29, 0.717) is 31.2 Å². The van der Waals surface area contributed by atoms with Crippen LogP contribution >= 0.6 is 0 Å². The van der Waals surface area contributed by atoms with Gasteiger partial charge in [0, 0.05) is 88.8 Å². The third kappa shape index (κ3) is 7.19. The first-order valence-electron chi connectivity index (χ1n) is 17.2. The normalized spacial score (nSPS) is 17.1. The molecule has 2 aromatic heterocycles. The number of aryl methyl sites for hydroxylation is 1. The molecular weight excluding hydrogens is 658 g/mol. The van der Waals surface area contributed by atoms with E-state index in [2.05, 4.69) is 26.9 Å². The third-order valence-corrected chi connectivity index (χ3v) is 10.2. The number of carbonyl (C=O) groups excluding carboxylic acids is 2. The van der Waals surface area contributed by atoms with E-state index in [0.717, 1.165) is 77.9 Å². The van der Waals surface area contributed by atoms with Crippen LogP contribution in [-0.4, -0.2) is 83.4 Å². The van der Waals surface area contributed by atoms with Gasteiger partial charge in [0.25, 0.3) is 11.5 Å². The number of nitriles is 1. The second kappa shape index (κ2) is 15.6. The lowest BCUT2D eigenvalue weighted by molar-refractivity contribution is -0.129. The van der Waals surface area contributed by atoms with Crippen molar-refractivity contribution < 1.29 is 19.1 Å². The summed E-state index contributed by atoms with van der Waals surface area (Å²) in [5.41, 5.74) is 12.0. The monoisotopic (exact) mass is 701 g/mol. The maximum atomic E-state index is 13.3. The van der Waals surface area contributed by atoms with Gasteiger partial charge >= 0.3 is 0 Å². The molecule has 0 saturated carbocycles. The number of rotatable bonds is 10. The lowest BCUT2D eigenvalue weighted by Crippen LogP contribution is -2.45. The van der Waals surface area contributed by atoms with Gasteiger partial charge in [-0.15, -0.1) is 0 Å². The van der Waals surface area contributed by atoms with Gasteiger partial charge in [0.1, 0.15) is 29.4 Å². The fourth-order valence-electron chi connectivity index (χ4n) is 7.37. The number of allylic oxidation sites excluding steroid dienone is 2. The Bertz CT molecular complexity index is 2150. The smallest absolute Gasteiger partial charge is 0.265 e. The number of piperazine rings is 1. The molecule has 52 heavy (non-hydrogen) atoms. The SMILES string of the molecule is COc1cc(-c2cn(C)c(=O)c3cnccc23)cc(OC)c1CN1CCN(Cc2cccc3c2CCN(C(=O)/C(C#N)=C\C(N)=C\C=O)C3C)CC1. The number of nitrogens with zero attached hydrogens (tertiary/aromatic N) is 6. The molecular formula is C40H43N7O5. The maximum Gasteiger partial charge on any atom is 0.265 e. The number of benzene rings is 2. The summed E-state index contributed by atoms with van der Waals surface area (Å²) in [5.74, 6) is 1.05. The van der Waals surface area contributed by atoms with E-state index in [1.165, 1.54) is 17.2 Å². The number of ether oxygens (including phenoxy) is 2. The second-order valence-corrected chi connectivity index (χ2v) is 13.2. The van der Waals surface area contributed by atoms with Crippen LogP contribution in [-0.2, 0) is 36.1 Å². The molecule has 268 valence electrons. The zero-order valence-electron chi connectivity index (χ0n) is 30.0. The molecule has 1 atom stereocenters. The van der Waals surface area contributed by atoms with E-state index in [9.17, 15) is 19.6 Å². The van der Waals surface area contributed by atoms with Crippen molar-refractivity contribution in [3.8, 4) is 28.7 Å². The number of hydrogen-bond acceptors (Lipinski definition) is 10. The molecule has 1 fully saturated rings. The van der Waals surface area contributed by atoms with E-state index in [1.807, 2.05) is 43.5 Å². The maximum absolute atomic E-state index is 13.3. The lowest BCUT2D eigenvalue weighted by Gasteiger charge is -2.38. The summed E-state index contributed by atoms with van der Waals surface area (Å²) >= 11 is 0. The Morgan fingerprint density at radius 1 is 1.04 bits per heavy atom. The van der Waals surface area contributed by atoms with Crippen LogP contribution in [0, 0.1) is 11.3 Å². The van der Waals surface area contributed by atoms with Gasteiger partial charge in [0.15, 0.2) is 0 Å². The predicted octanol–water partition coefficient (Wildman–Crippen LogP) is 3.87. The number of fused-ring (bicyclic) bond motifs is 2. The number of amides is 1. The first-order valence-corrected chi connectivity index (χ1v) is 17.2. The Kier molecular flexibility index (Phi) is 10.8. The van der Waals surface area contributed by atoms with Crippen molar-refractivity contribution in [3.05, 3.63) is 111 Å². The Labute approximate surface area is 303 Å². The van der Waals surface area contributed by atoms with Gasteiger partial charge in [0.05, 0.1) is 31.2 Å². The quantitative estimate of drug-likeness (QED) is 0.112. The minimum atomic E-state index is -0.398. The molecule has 12 heteroatoms. The van der Waals surface area contributed by atoms with Gasteiger partial charge in [-0.2, -0.15) is 5.26 Å². The fourth-order valence-corrected chi connectivity index (χ4v) is 7.37. The van der Waals surface area contributed by atoms with E-state index >= 15 is 0 Å². The van der Waals surface area contributed by atoms with Crippen LogP contribution in [0.25, 0.3) is 21.9 Å². The molecule has 4 heterocycles. The van der Waals surface area contributed by atoms with Crippen molar-refractivity contribution in [2.45, 2.75) is 32.5 Å². The van der Waals surface area contributed by atoms with Crippen molar-refractivity contribution in [2.75, 3.05) is 46.9 Å². The van der Waals surface area contributed by atoms with E-state index in [-0.39, 0.29) is 22.9 Å². The molecule has 0 radical (unpaired) electrons. The van der Waals surface area contributed by atoms with Crippen molar-refractivity contribution in [1.82, 2.24) is 24.3 Å². The summed E-state index contributed by atoms with van der Waals surface area (Å²) in [6.45, 7) is 7.43. The molecule has 2 aliphatic rings. The molecule has 1 amide bonds. The van der Waals surface area contributed by atoms with Gasteiger partial charge in [-0.1, -0.05) is 18.2 Å². The number of carbonyl (C=O) groups is 2. The highest BCUT2D eigenvalue weighted by Gasteiger charge is 2.31.